The number of methoxy groups -OCH3 is 1. The van der Waals surface area contributed by atoms with Gasteiger partial charge in [-0.25, -0.2) is 0 Å². The highest BCUT2D eigenvalue weighted by Crippen LogP contribution is 2.16. The van der Waals surface area contributed by atoms with Crippen molar-refractivity contribution in [3.8, 4) is 5.75 Å². The Balaban J connectivity index is 1.70. The number of aryl methyl sites for hydroxylation is 1. The molecular weight excluding hydrogens is 332 g/mol. The van der Waals surface area contributed by atoms with Crippen molar-refractivity contribution >= 4 is 0 Å². The number of aromatic nitrogens is 1. The summed E-state index contributed by atoms with van der Waals surface area (Å²) in [6, 6.07) is 21.4. The summed E-state index contributed by atoms with van der Waals surface area (Å²) < 4.78 is 7.58. The fourth-order valence-corrected chi connectivity index (χ4v) is 3.22. The molecule has 2 aromatic carbocycles. The summed E-state index contributed by atoms with van der Waals surface area (Å²) in [4.78, 5) is 2.40. The molecule has 3 heteroatoms. The van der Waals surface area contributed by atoms with Crippen molar-refractivity contribution in [1.82, 2.24) is 9.47 Å². The van der Waals surface area contributed by atoms with E-state index in [-0.39, 0.29) is 0 Å². The van der Waals surface area contributed by atoms with Crippen LogP contribution in [0.15, 0.2) is 79.5 Å². The maximum atomic E-state index is 5.25. The number of hydrogen-bond donors (Lipinski definition) is 0. The van der Waals surface area contributed by atoms with Crippen LogP contribution in [0.2, 0.25) is 0 Å². The van der Waals surface area contributed by atoms with E-state index in [1.807, 2.05) is 18.2 Å². The number of nitrogens with zero attached hydrogens (tertiary/aromatic N) is 2. The van der Waals surface area contributed by atoms with E-state index < -0.39 is 0 Å². The molecule has 140 valence electrons. The van der Waals surface area contributed by atoms with Crippen LogP contribution in [0.4, 0.5) is 0 Å². The molecule has 1 aromatic heterocycles. The predicted octanol–water partition coefficient (Wildman–Crippen LogP) is 5.04. The van der Waals surface area contributed by atoms with Gasteiger partial charge in [-0.2, -0.15) is 0 Å². The fraction of sp³-hybridized carbons (Fsp3) is 0.250. The van der Waals surface area contributed by atoms with Gasteiger partial charge in [-0.15, -0.1) is 6.58 Å². The highest BCUT2D eigenvalue weighted by Gasteiger charge is 2.09. The molecule has 0 aliphatic rings. The summed E-state index contributed by atoms with van der Waals surface area (Å²) >= 11 is 0. The predicted molar refractivity (Wildman–Crippen MR) is 112 cm³/mol. The lowest BCUT2D eigenvalue weighted by Gasteiger charge is -2.22. The number of hydrogen-bond acceptors (Lipinski definition) is 2. The summed E-state index contributed by atoms with van der Waals surface area (Å²) in [5.41, 5.74) is 5.20. The van der Waals surface area contributed by atoms with E-state index in [1.165, 1.54) is 22.4 Å². The van der Waals surface area contributed by atoms with E-state index in [0.717, 1.165) is 31.9 Å². The van der Waals surface area contributed by atoms with Crippen LogP contribution in [-0.4, -0.2) is 23.1 Å². The molecule has 0 bridgehead atoms. The third-order valence-corrected chi connectivity index (χ3v) is 4.74. The van der Waals surface area contributed by atoms with Crippen molar-refractivity contribution < 1.29 is 4.74 Å². The van der Waals surface area contributed by atoms with E-state index in [4.69, 9.17) is 4.74 Å². The Kier molecular flexibility index (Phi) is 6.50. The average molecular weight is 361 g/mol. The fourth-order valence-electron chi connectivity index (χ4n) is 3.22. The molecule has 0 atom stereocenters. The van der Waals surface area contributed by atoms with Gasteiger partial charge in [-0.05, 0) is 42.3 Å². The van der Waals surface area contributed by atoms with E-state index in [1.54, 1.807) is 7.11 Å². The summed E-state index contributed by atoms with van der Waals surface area (Å²) in [5, 5.41) is 0. The van der Waals surface area contributed by atoms with E-state index in [9.17, 15) is 0 Å². The number of rotatable bonds is 9. The minimum atomic E-state index is 0.849. The highest BCUT2D eigenvalue weighted by atomic mass is 16.5. The van der Waals surface area contributed by atoms with Crippen LogP contribution < -0.4 is 4.74 Å². The topological polar surface area (TPSA) is 17.4 Å². The normalized spacial score (nSPS) is 10.9. The quantitative estimate of drug-likeness (QED) is 0.497. The lowest BCUT2D eigenvalue weighted by atomic mass is 10.1. The van der Waals surface area contributed by atoms with Crippen LogP contribution in [0.3, 0.4) is 0 Å². The van der Waals surface area contributed by atoms with Gasteiger partial charge in [0.1, 0.15) is 5.75 Å². The van der Waals surface area contributed by atoms with E-state index >= 15 is 0 Å². The van der Waals surface area contributed by atoms with Gasteiger partial charge in [-0.3, -0.25) is 4.90 Å². The molecule has 3 rings (SSSR count). The molecule has 0 fully saturated rings. The molecule has 0 unspecified atom stereocenters. The third kappa shape index (κ3) is 5.35. The molecular formula is C24H28N2O. The maximum Gasteiger partial charge on any atom is 0.118 e. The van der Waals surface area contributed by atoms with Crippen LogP contribution in [-0.2, 0) is 19.6 Å². The smallest absolute Gasteiger partial charge is 0.118 e. The van der Waals surface area contributed by atoms with Gasteiger partial charge in [-0.1, -0.05) is 48.0 Å². The molecule has 0 N–H and O–H groups in total. The Hall–Kier alpha value is -2.78. The second kappa shape index (κ2) is 9.24. The van der Waals surface area contributed by atoms with Crippen LogP contribution in [0.5, 0.6) is 5.75 Å². The van der Waals surface area contributed by atoms with Crippen molar-refractivity contribution in [1.29, 1.82) is 0 Å². The van der Waals surface area contributed by atoms with Crippen molar-refractivity contribution in [2.45, 2.75) is 26.6 Å². The standard InChI is InChI=1S/C24H28N2O/c1-4-15-25(17-21-11-13-24(27-3)14-12-21)19-23-6-5-16-26(23)18-22-9-7-20(2)8-10-22/h4-14,16H,1,15,17-19H2,2-3H3. The van der Waals surface area contributed by atoms with Gasteiger partial charge in [0.2, 0.25) is 0 Å². The van der Waals surface area contributed by atoms with Gasteiger partial charge in [0.05, 0.1) is 7.11 Å². The molecule has 27 heavy (non-hydrogen) atoms. The zero-order valence-corrected chi connectivity index (χ0v) is 16.3. The third-order valence-electron chi connectivity index (χ3n) is 4.74. The van der Waals surface area contributed by atoms with Gasteiger partial charge >= 0.3 is 0 Å². The largest absolute Gasteiger partial charge is 0.497 e. The Morgan fingerprint density at radius 1 is 0.963 bits per heavy atom. The number of ether oxygens (including phenoxy) is 1. The highest BCUT2D eigenvalue weighted by molar-refractivity contribution is 5.27. The average Bonchev–Trinajstić information content (AvgIpc) is 3.11. The van der Waals surface area contributed by atoms with E-state index in [0.29, 0.717) is 0 Å². The van der Waals surface area contributed by atoms with Crippen LogP contribution in [0.1, 0.15) is 22.4 Å². The Morgan fingerprint density at radius 3 is 2.33 bits per heavy atom. The summed E-state index contributed by atoms with van der Waals surface area (Å²) in [6.45, 7) is 9.56. The molecule has 3 aromatic rings. The Bertz CT molecular complexity index is 847. The van der Waals surface area contributed by atoms with Crippen molar-refractivity contribution in [2.24, 2.45) is 0 Å². The maximum absolute atomic E-state index is 5.25. The van der Waals surface area contributed by atoms with E-state index in [2.05, 4.69) is 77.7 Å². The van der Waals surface area contributed by atoms with Gasteiger partial charge in [0.15, 0.2) is 0 Å². The molecule has 0 aliphatic carbocycles. The Morgan fingerprint density at radius 2 is 1.67 bits per heavy atom. The van der Waals surface area contributed by atoms with Gasteiger partial charge in [0.25, 0.3) is 0 Å². The number of benzene rings is 2. The van der Waals surface area contributed by atoms with Gasteiger partial charge < -0.3 is 9.30 Å². The van der Waals surface area contributed by atoms with Crippen LogP contribution in [0.25, 0.3) is 0 Å². The second-order valence-electron chi connectivity index (χ2n) is 6.92. The summed E-state index contributed by atoms with van der Waals surface area (Å²) in [5.74, 6) is 0.890. The monoisotopic (exact) mass is 360 g/mol. The molecule has 0 spiro atoms. The Labute approximate surface area is 162 Å². The minimum Gasteiger partial charge on any atom is -0.497 e. The molecule has 0 radical (unpaired) electrons. The zero-order chi connectivity index (χ0) is 19.1. The first-order valence-corrected chi connectivity index (χ1v) is 9.33. The van der Waals surface area contributed by atoms with Crippen LogP contribution in [0, 0.1) is 6.92 Å². The first-order valence-electron chi connectivity index (χ1n) is 9.33. The molecule has 0 saturated carbocycles. The minimum absolute atomic E-state index is 0.849. The lowest BCUT2D eigenvalue weighted by molar-refractivity contribution is 0.278. The molecule has 3 nitrogen and oxygen atoms in total. The lowest BCUT2D eigenvalue weighted by Crippen LogP contribution is -2.24. The van der Waals surface area contributed by atoms with Gasteiger partial charge in [0, 0.05) is 38.1 Å². The first kappa shape index (κ1) is 19.0. The van der Waals surface area contributed by atoms with Crippen LogP contribution >= 0.6 is 0 Å². The molecule has 0 amide bonds. The SMILES string of the molecule is C=CCN(Cc1ccc(OC)cc1)Cc1cccn1Cc1ccc(C)cc1. The first-order chi connectivity index (χ1) is 13.2. The molecule has 0 saturated heterocycles. The van der Waals surface area contributed by atoms with Crippen molar-refractivity contribution in [3.05, 3.63) is 102 Å². The molecule has 1 heterocycles. The second-order valence-corrected chi connectivity index (χ2v) is 6.92. The molecule has 0 aliphatic heterocycles. The zero-order valence-electron chi connectivity index (χ0n) is 16.3. The van der Waals surface area contributed by atoms with Crippen molar-refractivity contribution in [2.75, 3.05) is 13.7 Å². The van der Waals surface area contributed by atoms with Crippen molar-refractivity contribution in [3.63, 3.8) is 0 Å². The summed E-state index contributed by atoms with van der Waals surface area (Å²) in [7, 11) is 1.70. The summed E-state index contributed by atoms with van der Waals surface area (Å²) in [6.07, 6.45) is 4.13.